The van der Waals surface area contributed by atoms with E-state index in [4.69, 9.17) is 43.8 Å². The summed E-state index contributed by atoms with van der Waals surface area (Å²) < 4.78 is 81.6. The first-order valence-corrected chi connectivity index (χ1v) is 15.8. The second-order valence-corrected chi connectivity index (χ2v) is 13.1. The van der Waals surface area contributed by atoms with Crippen LogP contribution in [-0.2, 0) is 20.2 Å². The van der Waals surface area contributed by atoms with Crippen molar-refractivity contribution in [3.63, 3.8) is 0 Å². The average Bonchev–Trinajstić information content (AvgIpc) is 2.89. The summed E-state index contributed by atoms with van der Waals surface area (Å²) >= 11 is 13.3. The van der Waals surface area contributed by atoms with Crippen LogP contribution in [0.3, 0.4) is 0 Å². The van der Waals surface area contributed by atoms with Crippen molar-refractivity contribution >= 4 is 71.6 Å². The van der Waals surface area contributed by atoms with Crippen LogP contribution in [-0.4, -0.2) is 56.1 Å². The van der Waals surface area contributed by atoms with Gasteiger partial charge in [-0.2, -0.15) is 16.8 Å². The molecule has 0 spiro atoms. The van der Waals surface area contributed by atoms with E-state index in [2.05, 4.69) is 20.6 Å². The van der Waals surface area contributed by atoms with E-state index in [0.717, 1.165) is 0 Å². The summed E-state index contributed by atoms with van der Waals surface area (Å²) in [5.41, 5.74) is 11.4. The first-order chi connectivity index (χ1) is 19.6. The van der Waals surface area contributed by atoms with Crippen LogP contribution in [0.1, 0.15) is 13.8 Å². The molecule has 2 aromatic rings. The zero-order valence-electron chi connectivity index (χ0n) is 21.8. The molecule has 0 saturated carbocycles. The number of hydrogen-bond donors (Lipinski definition) is 6. The highest BCUT2D eigenvalue weighted by Crippen LogP contribution is 2.55. The highest BCUT2D eigenvalue weighted by atomic mass is 35.5. The van der Waals surface area contributed by atoms with Gasteiger partial charge in [-0.25, -0.2) is 4.98 Å². The lowest BCUT2D eigenvalue weighted by Gasteiger charge is -2.27. The molecule has 0 saturated heterocycles. The lowest BCUT2D eigenvalue weighted by Crippen LogP contribution is -2.26. The summed E-state index contributed by atoms with van der Waals surface area (Å²) in [6.45, 7) is 3.62. The van der Waals surface area contributed by atoms with Gasteiger partial charge in [0.1, 0.15) is 26.9 Å². The number of halogens is 2. The van der Waals surface area contributed by atoms with Gasteiger partial charge in [-0.05, 0) is 38.1 Å². The number of nitrogens with zero attached hydrogens (tertiary/aromatic N) is 2. The molecule has 3 aliphatic rings. The zero-order chi connectivity index (χ0) is 30.7. The normalized spacial score (nSPS) is 15.1. The van der Waals surface area contributed by atoms with Crippen molar-refractivity contribution in [2.45, 2.75) is 35.7 Å². The van der Waals surface area contributed by atoms with Crippen molar-refractivity contribution < 1.29 is 35.1 Å². The largest absolute Gasteiger partial charge is 0.450 e. The Kier molecular flexibility index (Phi) is 7.78. The van der Waals surface area contributed by atoms with Gasteiger partial charge < -0.3 is 31.3 Å². The molecule has 2 aliphatic heterocycles. The third-order valence-corrected chi connectivity index (χ3v) is 8.57. The Hall–Kier alpha value is -3.22. The fourth-order valence-corrected chi connectivity index (χ4v) is 6.37. The standard InChI is InChI=1S/C24H24Cl2N6O8S2/c1-9(27)7-29-13-5-3-11-19(23(13)41(33,34)35)39-21-15(25)18-22(16(26)17(21)31-11)40-20-12(32-18)4-6-14(30-8-10(2)28)24(20)42(36,37)38/h3-6,9-10,29,31H,7-8,27-28H2,1-2H3,(H,33,34,35)(H,36,37,38). The summed E-state index contributed by atoms with van der Waals surface area (Å²) in [7, 11) is -9.70. The fraction of sp³-hybridized carbons (Fsp3) is 0.250. The van der Waals surface area contributed by atoms with E-state index in [-0.39, 0.29) is 85.6 Å². The molecular weight excluding hydrogens is 635 g/mol. The lowest BCUT2D eigenvalue weighted by molar-refractivity contribution is 0.449. The minimum atomic E-state index is -4.87. The smallest absolute Gasteiger partial charge is 0.300 e. The molecule has 2 atom stereocenters. The van der Waals surface area contributed by atoms with Crippen molar-refractivity contribution in [1.29, 1.82) is 0 Å². The maximum absolute atomic E-state index is 12.4. The maximum Gasteiger partial charge on any atom is 0.300 e. The van der Waals surface area contributed by atoms with Gasteiger partial charge in [0.15, 0.2) is 32.6 Å². The Morgan fingerprint density at radius 1 is 1.00 bits per heavy atom. The molecule has 2 unspecified atom stereocenters. The number of ether oxygens (including phenoxy) is 1. The minimum absolute atomic E-state index is 0.0297. The van der Waals surface area contributed by atoms with Gasteiger partial charge in [0.05, 0.1) is 23.3 Å². The number of rotatable bonds is 7. The monoisotopic (exact) mass is 658 g/mol. The van der Waals surface area contributed by atoms with Crippen LogP contribution < -0.4 is 32.2 Å². The van der Waals surface area contributed by atoms with Crippen LogP contribution >= 0.6 is 23.2 Å². The summed E-state index contributed by atoms with van der Waals surface area (Å²) in [5.74, 6) is -0.759. The molecule has 14 nitrogen and oxygen atoms in total. The molecule has 0 amide bonds. The lowest BCUT2D eigenvalue weighted by atomic mass is 10.1. The van der Waals surface area contributed by atoms with Gasteiger partial charge in [0.25, 0.3) is 10.1 Å². The predicted molar refractivity (Wildman–Crippen MR) is 156 cm³/mol. The minimum Gasteiger partial charge on any atom is -0.450 e. The molecule has 0 fully saturated rings. The van der Waals surface area contributed by atoms with Crippen molar-refractivity contribution in [2.24, 2.45) is 16.5 Å². The highest BCUT2D eigenvalue weighted by Gasteiger charge is 2.34. The predicted octanol–water partition coefficient (Wildman–Crippen LogP) is 3.59. The van der Waals surface area contributed by atoms with Crippen LogP contribution in [0.2, 0.25) is 10.0 Å². The second kappa shape index (κ2) is 10.8. The van der Waals surface area contributed by atoms with Gasteiger partial charge in [0, 0.05) is 18.6 Å². The Labute approximate surface area is 249 Å². The first kappa shape index (κ1) is 30.2. The van der Waals surface area contributed by atoms with Crippen LogP contribution in [0, 0.1) is 0 Å². The SMILES string of the molecule is CC(N)CN=c1ccc2nc3c(Cl)c4c(c(Cl)c3oc-2c1S(=O)(=O)O)Nc1ccc(NCC(C)N)c(S(=O)(=O)O)c1O4. The van der Waals surface area contributed by atoms with E-state index < -0.39 is 36.1 Å². The molecule has 0 aromatic heterocycles. The molecule has 224 valence electrons. The number of anilines is 3. The molecule has 1 aliphatic carbocycles. The molecule has 5 rings (SSSR count). The molecule has 8 N–H and O–H groups in total. The Morgan fingerprint density at radius 2 is 1.69 bits per heavy atom. The topological polar surface area (TPSA) is 232 Å². The van der Waals surface area contributed by atoms with Gasteiger partial charge >= 0.3 is 10.1 Å². The molecule has 0 radical (unpaired) electrons. The molecule has 42 heavy (non-hydrogen) atoms. The number of nitrogens with one attached hydrogen (secondary N) is 2. The third kappa shape index (κ3) is 5.47. The number of hydrogen-bond acceptors (Lipinski definition) is 12. The van der Waals surface area contributed by atoms with E-state index in [9.17, 15) is 25.9 Å². The van der Waals surface area contributed by atoms with E-state index in [1.54, 1.807) is 13.8 Å². The highest BCUT2D eigenvalue weighted by molar-refractivity contribution is 7.86. The Bertz CT molecular complexity index is 2010. The van der Waals surface area contributed by atoms with Crippen LogP contribution in [0.4, 0.5) is 17.1 Å². The number of nitrogens with two attached hydrogens (primary N) is 2. The maximum atomic E-state index is 12.4. The average molecular weight is 660 g/mol. The summed E-state index contributed by atoms with van der Waals surface area (Å²) in [5, 5.41) is 5.35. The molecule has 0 bridgehead atoms. The Balaban J connectivity index is 1.76. The number of fused-ring (bicyclic) bond motifs is 4. The number of benzene rings is 3. The van der Waals surface area contributed by atoms with Gasteiger partial charge in [-0.15, -0.1) is 0 Å². The van der Waals surface area contributed by atoms with Crippen molar-refractivity contribution in [2.75, 3.05) is 23.7 Å². The van der Waals surface area contributed by atoms with E-state index in [1.165, 1.54) is 24.3 Å². The summed E-state index contributed by atoms with van der Waals surface area (Å²) in [4.78, 5) is 7.36. The van der Waals surface area contributed by atoms with Gasteiger partial charge in [-0.1, -0.05) is 23.2 Å². The van der Waals surface area contributed by atoms with Gasteiger partial charge in [-0.3, -0.25) is 14.1 Å². The van der Waals surface area contributed by atoms with E-state index >= 15 is 0 Å². The van der Waals surface area contributed by atoms with Gasteiger partial charge in [0.2, 0.25) is 0 Å². The number of aromatic nitrogens is 1. The molecule has 18 heteroatoms. The summed E-state index contributed by atoms with van der Waals surface area (Å²) in [6, 6.07) is 4.86. The van der Waals surface area contributed by atoms with Crippen LogP contribution in [0.5, 0.6) is 11.5 Å². The van der Waals surface area contributed by atoms with Crippen LogP contribution in [0.15, 0.2) is 43.5 Å². The molecular formula is C24H24Cl2N6O8S2. The second-order valence-electron chi connectivity index (χ2n) is 9.66. The first-order valence-electron chi connectivity index (χ1n) is 12.2. The molecule has 2 heterocycles. The summed E-state index contributed by atoms with van der Waals surface area (Å²) in [6.07, 6.45) is 0. The quantitative estimate of drug-likeness (QED) is 0.108. The molecule has 2 aromatic carbocycles. The van der Waals surface area contributed by atoms with Crippen molar-refractivity contribution in [1.82, 2.24) is 4.98 Å². The van der Waals surface area contributed by atoms with Crippen molar-refractivity contribution in [3.05, 3.63) is 39.7 Å². The fourth-order valence-electron chi connectivity index (χ4n) is 4.27. The Morgan fingerprint density at radius 3 is 2.31 bits per heavy atom. The van der Waals surface area contributed by atoms with E-state index in [0.29, 0.717) is 0 Å². The van der Waals surface area contributed by atoms with E-state index in [1.807, 2.05) is 0 Å². The zero-order valence-corrected chi connectivity index (χ0v) is 25.0. The third-order valence-electron chi connectivity index (χ3n) is 6.03. The van der Waals surface area contributed by atoms with Crippen LogP contribution in [0.25, 0.3) is 22.6 Å². The van der Waals surface area contributed by atoms with Crippen molar-refractivity contribution in [3.8, 4) is 23.0 Å².